The van der Waals surface area contributed by atoms with Gasteiger partial charge in [-0.15, -0.1) is 0 Å². The van der Waals surface area contributed by atoms with Crippen LogP contribution in [-0.4, -0.2) is 55.6 Å². The van der Waals surface area contributed by atoms with Gasteiger partial charge in [0, 0.05) is 24.8 Å². The number of amides is 3. The first-order valence-corrected chi connectivity index (χ1v) is 9.84. The predicted octanol–water partition coefficient (Wildman–Crippen LogP) is 1.79. The molecule has 0 aromatic heterocycles. The van der Waals surface area contributed by atoms with Crippen molar-refractivity contribution in [3.8, 4) is 11.5 Å². The average Bonchev–Trinajstić information content (AvgIpc) is 3.33. The minimum atomic E-state index is -0.914. The van der Waals surface area contributed by atoms with Crippen LogP contribution in [-0.2, 0) is 14.4 Å². The van der Waals surface area contributed by atoms with Crippen molar-refractivity contribution in [2.75, 3.05) is 32.1 Å². The van der Waals surface area contributed by atoms with Crippen molar-refractivity contribution in [3.63, 3.8) is 0 Å². The van der Waals surface area contributed by atoms with E-state index >= 15 is 0 Å². The molecule has 9 nitrogen and oxygen atoms in total. The molecule has 0 atom stereocenters. The predicted molar refractivity (Wildman–Crippen MR) is 115 cm³/mol. The summed E-state index contributed by atoms with van der Waals surface area (Å²) in [5, 5.41) is 6.26. The van der Waals surface area contributed by atoms with Crippen molar-refractivity contribution >= 4 is 29.6 Å². The van der Waals surface area contributed by atoms with Crippen LogP contribution >= 0.6 is 0 Å². The van der Waals surface area contributed by atoms with Gasteiger partial charge in [0.25, 0.3) is 5.91 Å². The van der Waals surface area contributed by atoms with Gasteiger partial charge >= 0.3 is 11.8 Å². The van der Waals surface area contributed by atoms with Crippen LogP contribution in [0.2, 0.25) is 0 Å². The first-order chi connectivity index (χ1) is 15.0. The fraction of sp³-hybridized carbons (Fsp3) is 0.273. The maximum Gasteiger partial charge on any atom is 0.329 e. The highest BCUT2D eigenvalue weighted by Gasteiger charge is 2.18. The summed E-state index contributed by atoms with van der Waals surface area (Å²) >= 11 is 0. The van der Waals surface area contributed by atoms with Gasteiger partial charge in [-0.3, -0.25) is 14.4 Å². The third-order valence-electron chi connectivity index (χ3n) is 4.59. The number of nitrogens with one attached hydrogen (secondary N) is 2. The number of methoxy groups -OCH3 is 1. The van der Waals surface area contributed by atoms with E-state index in [-0.39, 0.29) is 12.5 Å². The second kappa shape index (κ2) is 10.8. The Labute approximate surface area is 180 Å². The molecule has 1 aliphatic rings. The molecular formula is C22H24N4O5. The summed E-state index contributed by atoms with van der Waals surface area (Å²) in [5.41, 5.74) is 3.24. The van der Waals surface area contributed by atoms with Crippen molar-refractivity contribution < 1.29 is 23.9 Å². The van der Waals surface area contributed by atoms with E-state index in [2.05, 4.69) is 15.8 Å². The van der Waals surface area contributed by atoms with E-state index in [1.54, 1.807) is 53.4 Å². The lowest BCUT2D eigenvalue weighted by Crippen LogP contribution is -2.32. The van der Waals surface area contributed by atoms with Crippen LogP contribution < -0.4 is 20.2 Å². The monoisotopic (exact) mass is 424 g/mol. The first-order valence-electron chi connectivity index (χ1n) is 9.84. The van der Waals surface area contributed by atoms with Gasteiger partial charge in [-0.05, 0) is 42.7 Å². The Bertz CT molecular complexity index is 970. The lowest BCUT2D eigenvalue weighted by atomic mass is 10.2. The van der Waals surface area contributed by atoms with E-state index in [9.17, 15) is 14.4 Å². The zero-order valence-corrected chi connectivity index (χ0v) is 17.2. The SMILES string of the molecule is COc1cccc(NC(=O)C(=O)N/N=C\c2cccc(OCC(=O)N3CCCC3)c2)c1. The molecule has 1 saturated heterocycles. The molecule has 1 fully saturated rings. The first kappa shape index (κ1) is 21.8. The number of rotatable bonds is 7. The van der Waals surface area contributed by atoms with Gasteiger partial charge in [0.05, 0.1) is 13.3 Å². The molecule has 0 radical (unpaired) electrons. The van der Waals surface area contributed by atoms with Crippen molar-refractivity contribution in [1.29, 1.82) is 0 Å². The van der Waals surface area contributed by atoms with Crippen LogP contribution in [0.4, 0.5) is 5.69 Å². The normalized spacial score (nSPS) is 13.1. The fourth-order valence-electron chi connectivity index (χ4n) is 2.99. The molecule has 2 aromatic rings. The molecule has 2 aromatic carbocycles. The Kier molecular flexibility index (Phi) is 7.58. The molecule has 1 heterocycles. The van der Waals surface area contributed by atoms with E-state index in [4.69, 9.17) is 9.47 Å². The largest absolute Gasteiger partial charge is 0.497 e. The zero-order valence-electron chi connectivity index (χ0n) is 17.2. The van der Waals surface area contributed by atoms with Crippen LogP contribution in [0, 0.1) is 0 Å². The molecule has 3 rings (SSSR count). The topological polar surface area (TPSA) is 109 Å². The summed E-state index contributed by atoms with van der Waals surface area (Å²) in [6.07, 6.45) is 3.44. The van der Waals surface area contributed by atoms with Gasteiger partial charge in [-0.1, -0.05) is 18.2 Å². The summed E-state index contributed by atoms with van der Waals surface area (Å²) in [4.78, 5) is 37.8. The molecule has 9 heteroatoms. The van der Waals surface area contributed by atoms with E-state index in [1.807, 2.05) is 0 Å². The Morgan fingerprint density at radius 2 is 1.77 bits per heavy atom. The minimum absolute atomic E-state index is 0.0260. The maximum atomic E-state index is 12.1. The van der Waals surface area contributed by atoms with Gasteiger partial charge in [0.1, 0.15) is 11.5 Å². The van der Waals surface area contributed by atoms with Crippen molar-refractivity contribution in [3.05, 3.63) is 54.1 Å². The quantitative estimate of drug-likeness (QED) is 0.400. The Morgan fingerprint density at radius 1 is 1.03 bits per heavy atom. The molecule has 0 bridgehead atoms. The average molecular weight is 424 g/mol. The highest BCUT2D eigenvalue weighted by Crippen LogP contribution is 2.16. The molecule has 3 amide bonds. The molecule has 0 spiro atoms. The number of carbonyl (C=O) groups is 3. The Morgan fingerprint density at radius 3 is 2.55 bits per heavy atom. The van der Waals surface area contributed by atoms with Crippen LogP contribution in [0.25, 0.3) is 0 Å². The van der Waals surface area contributed by atoms with Crippen LogP contribution in [0.3, 0.4) is 0 Å². The Hall–Kier alpha value is -3.88. The highest BCUT2D eigenvalue weighted by molar-refractivity contribution is 6.39. The number of benzene rings is 2. The van der Waals surface area contributed by atoms with Gasteiger partial charge in [0.2, 0.25) is 0 Å². The lowest BCUT2D eigenvalue weighted by molar-refractivity contribution is -0.136. The second-order valence-electron chi connectivity index (χ2n) is 6.83. The lowest BCUT2D eigenvalue weighted by Gasteiger charge is -2.15. The summed E-state index contributed by atoms with van der Waals surface area (Å²) < 4.78 is 10.6. The standard InChI is InChI=1S/C22H24N4O5/c1-30-18-8-5-7-17(13-18)24-21(28)22(29)25-23-14-16-6-4-9-19(12-16)31-15-20(27)26-10-2-3-11-26/h4-9,12-14H,2-3,10-11,15H2,1H3,(H,24,28)(H,25,29)/b23-14-. The molecule has 0 aliphatic carbocycles. The number of anilines is 1. The van der Waals surface area contributed by atoms with Gasteiger partial charge < -0.3 is 19.7 Å². The summed E-state index contributed by atoms with van der Waals surface area (Å²) in [7, 11) is 1.51. The molecule has 0 unspecified atom stereocenters. The third-order valence-corrected chi connectivity index (χ3v) is 4.59. The van der Waals surface area contributed by atoms with Crippen LogP contribution in [0.5, 0.6) is 11.5 Å². The molecule has 162 valence electrons. The summed E-state index contributed by atoms with van der Waals surface area (Å²) in [6, 6.07) is 13.6. The van der Waals surface area contributed by atoms with Crippen LogP contribution in [0.1, 0.15) is 18.4 Å². The number of hydrogen-bond donors (Lipinski definition) is 2. The van der Waals surface area contributed by atoms with Crippen molar-refractivity contribution in [2.45, 2.75) is 12.8 Å². The number of likely N-dealkylation sites (tertiary alicyclic amines) is 1. The van der Waals surface area contributed by atoms with Gasteiger partial charge in [-0.2, -0.15) is 5.10 Å². The highest BCUT2D eigenvalue weighted by atomic mass is 16.5. The molecule has 1 aliphatic heterocycles. The van der Waals surface area contributed by atoms with E-state index in [1.165, 1.54) is 13.3 Å². The molecule has 31 heavy (non-hydrogen) atoms. The van der Waals surface area contributed by atoms with E-state index < -0.39 is 11.8 Å². The Balaban J connectivity index is 1.48. The smallest absolute Gasteiger partial charge is 0.329 e. The molecule has 0 saturated carbocycles. The van der Waals surface area contributed by atoms with Gasteiger partial charge in [0.15, 0.2) is 6.61 Å². The summed E-state index contributed by atoms with van der Waals surface area (Å²) in [6.45, 7) is 1.53. The van der Waals surface area contributed by atoms with E-state index in [0.717, 1.165) is 25.9 Å². The van der Waals surface area contributed by atoms with E-state index in [0.29, 0.717) is 22.7 Å². The number of nitrogens with zero attached hydrogens (tertiary/aromatic N) is 2. The third kappa shape index (κ3) is 6.56. The maximum absolute atomic E-state index is 12.1. The number of hydrazone groups is 1. The van der Waals surface area contributed by atoms with Crippen LogP contribution in [0.15, 0.2) is 53.6 Å². The molecular weight excluding hydrogens is 400 g/mol. The van der Waals surface area contributed by atoms with Crippen molar-refractivity contribution in [1.82, 2.24) is 10.3 Å². The number of ether oxygens (including phenoxy) is 2. The number of hydrogen-bond acceptors (Lipinski definition) is 6. The fourth-order valence-corrected chi connectivity index (χ4v) is 2.99. The zero-order chi connectivity index (χ0) is 22.1. The minimum Gasteiger partial charge on any atom is -0.497 e. The second-order valence-corrected chi connectivity index (χ2v) is 6.83. The molecule has 2 N–H and O–H groups in total. The number of carbonyl (C=O) groups excluding carboxylic acids is 3. The van der Waals surface area contributed by atoms with Gasteiger partial charge in [-0.25, -0.2) is 5.43 Å². The summed E-state index contributed by atoms with van der Waals surface area (Å²) in [5.74, 6) is -0.740. The van der Waals surface area contributed by atoms with Crippen molar-refractivity contribution in [2.24, 2.45) is 5.10 Å².